The fourth-order valence-electron chi connectivity index (χ4n) is 2.92. The summed E-state index contributed by atoms with van der Waals surface area (Å²) in [7, 11) is 0. The van der Waals surface area contributed by atoms with E-state index in [1.807, 2.05) is 43.3 Å². The van der Waals surface area contributed by atoms with E-state index >= 15 is 0 Å². The van der Waals surface area contributed by atoms with E-state index in [1.54, 1.807) is 12.1 Å². The van der Waals surface area contributed by atoms with Crippen molar-refractivity contribution in [3.63, 3.8) is 0 Å². The van der Waals surface area contributed by atoms with Crippen molar-refractivity contribution in [3.8, 4) is 5.88 Å². The van der Waals surface area contributed by atoms with Gasteiger partial charge in [0.1, 0.15) is 5.25 Å². The van der Waals surface area contributed by atoms with E-state index in [2.05, 4.69) is 25.5 Å². The Hall–Kier alpha value is -3.46. The van der Waals surface area contributed by atoms with Gasteiger partial charge < -0.3 is 15.4 Å². The minimum atomic E-state index is -0.647. The molecule has 29 heavy (non-hydrogen) atoms. The molecule has 8 nitrogen and oxygen atoms in total. The summed E-state index contributed by atoms with van der Waals surface area (Å²) in [6, 6.07) is 14.7. The fourth-order valence-corrected chi connectivity index (χ4v) is 3.79. The molecule has 2 heterocycles. The number of azo groups is 1. The molecule has 0 spiro atoms. The topological polar surface area (TPSA) is 119 Å². The van der Waals surface area contributed by atoms with Gasteiger partial charge in [-0.2, -0.15) is 4.99 Å². The first kappa shape index (κ1) is 18.9. The van der Waals surface area contributed by atoms with Gasteiger partial charge in [-0.1, -0.05) is 41.6 Å². The lowest BCUT2D eigenvalue weighted by Crippen LogP contribution is -2.21. The van der Waals surface area contributed by atoms with E-state index in [1.165, 1.54) is 0 Å². The van der Waals surface area contributed by atoms with Crippen LogP contribution in [0.5, 0.6) is 5.88 Å². The number of rotatable bonds is 4. The Kier molecular flexibility index (Phi) is 5.13. The van der Waals surface area contributed by atoms with E-state index in [0.29, 0.717) is 5.69 Å². The van der Waals surface area contributed by atoms with Crippen LogP contribution in [0.1, 0.15) is 12.0 Å². The molecular weight excluding hydrogens is 390 g/mol. The lowest BCUT2D eigenvalue weighted by molar-refractivity contribution is -0.121. The molecule has 3 aromatic rings. The number of aromatic amines is 1. The third-order valence-electron chi connectivity index (χ3n) is 4.30. The predicted molar refractivity (Wildman–Crippen MR) is 113 cm³/mol. The summed E-state index contributed by atoms with van der Waals surface area (Å²) in [6.45, 7) is 1.94. The summed E-state index contributed by atoms with van der Waals surface area (Å²) in [5.74, 6) is -0.811. The number of hydrogen-bond acceptors (Lipinski definition) is 6. The zero-order valence-corrected chi connectivity index (χ0v) is 16.2. The van der Waals surface area contributed by atoms with E-state index in [-0.39, 0.29) is 29.1 Å². The van der Waals surface area contributed by atoms with Gasteiger partial charge in [0.15, 0.2) is 5.69 Å². The van der Waals surface area contributed by atoms with Crippen LogP contribution in [0.3, 0.4) is 0 Å². The Morgan fingerprint density at radius 1 is 1.24 bits per heavy atom. The van der Waals surface area contributed by atoms with Crippen molar-refractivity contribution >= 4 is 51.0 Å². The number of carbonyl (C=O) groups is 2. The van der Waals surface area contributed by atoms with Gasteiger partial charge in [-0.05, 0) is 31.2 Å². The van der Waals surface area contributed by atoms with E-state index in [4.69, 9.17) is 0 Å². The molecule has 4 rings (SSSR count). The molecule has 146 valence electrons. The highest BCUT2D eigenvalue weighted by Gasteiger charge is 2.31. The number of H-pyrrole nitrogens is 1. The van der Waals surface area contributed by atoms with Gasteiger partial charge in [0.05, 0.1) is 5.52 Å². The smallest absolute Gasteiger partial charge is 0.262 e. The summed E-state index contributed by atoms with van der Waals surface area (Å²) in [4.78, 5) is 31.0. The monoisotopic (exact) mass is 407 g/mol. The molecule has 0 bridgehead atoms. The number of amides is 2. The number of nitrogens with zero attached hydrogens (tertiary/aromatic N) is 3. The number of amidine groups is 1. The summed E-state index contributed by atoms with van der Waals surface area (Å²) < 4.78 is 0. The van der Waals surface area contributed by atoms with Gasteiger partial charge in [0.25, 0.3) is 5.91 Å². The van der Waals surface area contributed by atoms with Crippen LogP contribution in [0.15, 0.2) is 63.8 Å². The summed E-state index contributed by atoms with van der Waals surface area (Å²) in [5, 5.41) is 21.1. The van der Waals surface area contributed by atoms with Gasteiger partial charge in [-0.15, -0.1) is 10.2 Å². The number of carbonyl (C=O) groups excluding carboxylic acids is 2. The maximum Gasteiger partial charge on any atom is 0.262 e. The highest BCUT2D eigenvalue weighted by Crippen LogP contribution is 2.36. The number of hydrogen-bond donors (Lipinski definition) is 3. The van der Waals surface area contributed by atoms with Crippen LogP contribution >= 0.6 is 11.8 Å². The first-order valence-electron chi connectivity index (χ1n) is 8.87. The molecule has 0 fully saturated rings. The zero-order chi connectivity index (χ0) is 20.4. The molecular formula is C20H17N5O3S. The number of aryl methyl sites for hydroxylation is 1. The Morgan fingerprint density at radius 2 is 2.03 bits per heavy atom. The summed E-state index contributed by atoms with van der Waals surface area (Å²) in [5.41, 5.74) is 2.69. The standard InChI is InChI=1S/C20H17N5O3S/c1-11-7-8-14-13(9-11)17(19(28)22-14)24-25-20-23-18(27)15(29-20)10-16(26)21-12-5-3-2-4-6-12/h2-9,15,22,28H,10H2,1H3,(H,21,26). The van der Waals surface area contributed by atoms with Crippen molar-refractivity contribution in [2.75, 3.05) is 5.32 Å². The number of fused-ring (bicyclic) bond motifs is 1. The second kappa shape index (κ2) is 7.88. The second-order valence-corrected chi connectivity index (χ2v) is 7.70. The van der Waals surface area contributed by atoms with E-state index in [9.17, 15) is 14.7 Å². The number of aromatic hydroxyl groups is 1. The van der Waals surface area contributed by atoms with Crippen molar-refractivity contribution in [2.24, 2.45) is 15.2 Å². The average molecular weight is 407 g/mol. The Morgan fingerprint density at radius 3 is 2.83 bits per heavy atom. The van der Waals surface area contributed by atoms with E-state index < -0.39 is 11.2 Å². The first-order valence-corrected chi connectivity index (χ1v) is 9.74. The molecule has 1 aromatic heterocycles. The maximum absolute atomic E-state index is 12.2. The number of anilines is 1. The van der Waals surface area contributed by atoms with Crippen molar-refractivity contribution in [3.05, 3.63) is 54.1 Å². The number of thioether (sulfide) groups is 1. The molecule has 0 saturated carbocycles. The van der Waals surface area contributed by atoms with Crippen molar-refractivity contribution < 1.29 is 14.7 Å². The van der Waals surface area contributed by atoms with Crippen LogP contribution in [0.25, 0.3) is 10.9 Å². The molecule has 1 aliphatic heterocycles. The highest BCUT2D eigenvalue weighted by atomic mass is 32.2. The number of para-hydroxylation sites is 1. The minimum Gasteiger partial charge on any atom is -0.493 e. The number of nitrogens with one attached hydrogen (secondary N) is 2. The molecule has 9 heteroatoms. The second-order valence-electron chi connectivity index (χ2n) is 6.53. The maximum atomic E-state index is 12.2. The van der Waals surface area contributed by atoms with Crippen LogP contribution in [-0.2, 0) is 9.59 Å². The molecule has 1 unspecified atom stereocenters. The molecule has 1 aliphatic rings. The molecule has 0 radical (unpaired) electrons. The molecule has 2 aromatic carbocycles. The minimum absolute atomic E-state index is 0.0154. The van der Waals surface area contributed by atoms with Crippen LogP contribution in [0.2, 0.25) is 0 Å². The van der Waals surface area contributed by atoms with Crippen molar-refractivity contribution in [1.29, 1.82) is 0 Å². The lowest BCUT2D eigenvalue weighted by atomic mass is 10.2. The number of benzene rings is 2. The van der Waals surface area contributed by atoms with Gasteiger partial charge in [0.2, 0.25) is 17.0 Å². The summed E-state index contributed by atoms with van der Waals surface area (Å²) >= 11 is 1.08. The predicted octanol–water partition coefficient (Wildman–Crippen LogP) is 4.29. The molecule has 0 aliphatic carbocycles. The molecule has 0 saturated heterocycles. The Labute approximate surface area is 170 Å². The van der Waals surface area contributed by atoms with Gasteiger partial charge >= 0.3 is 0 Å². The van der Waals surface area contributed by atoms with Crippen LogP contribution in [-0.4, -0.2) is 32.3 Å². The van der Waals surface area contributed by atoms with Gasteiger partial charge in [0, 0.05) is 17.5 Å². The SMILES string of the molecule is Cc1ccc2[nH]c(O)c(N=NC3=NC(=O)C(CC(=O)Nc4ccccc4)S3)c2c1. The lowest BCUT2D eigenvalue weighted by Gasteiger charge is -2.07. The third-order valence-corrected chi connectivity index (χ3v) is 5.34. The molecule has 3 N–H and O–H groups in total. The number of aliphatic imine (C=N–C) groups is 1. The quantitative estimate of drug-likeness (QED) is 0.559. The van der Waals surface area contributed by atoms with Crippen LogP contribution < -0.4 is 5.32 Å². The first-order chi connectivity index (χ1) is 14.0. The van der Waals surface area contributed by atoms with Gasteiger partial charge in [-0.25, -0.2) is 0 Å². The Balaban J connectivity index is 1.43. The van der Waals surface area contributed by atoms with E-state index in [0.717, 1.165) is 28.2 Å². The normalized spacial score (nSPS) is 16.5. The fraction of sp³-hybridized carbons (Fsp3) is 0.150. The number of aromatic nitrogens is 1. The Bertz CT molecular complexity index is 1150. The third kappa shape index (κ3) is 4.19. The van der Waals surface area contributed by atoms with Crippen LogP contribution in [0, 0.1) is 6.92 Å². The van der Waals surface area contributed by atoms with Gasteiger partial charge in [-0.3, -0.25) is 9.59 Å². The van der Waals surface area contributed by atoms with Crippen LogP contribution in [0.4, 0.5) is 11.4 Å². The largest absolute Gasteiger partial charge is 0.493 e. The molecule has 2 amide bonds. The van der Waals surface area contributed by atoms with Crippen molar-refractivity contribution in [2.45, 2.75) is 18.6 Å². The highest BCUT2D eigenvalue weighted by molar-refractivity contribution is 8.15. The summed E-state index contributed by atoms with van der Waals surface area (Å²) in [6.07, 6.45) is -0.0154. The zero-order valence-electron chi connectivity index (χ0n) is 15.4. The average Bonchev–Trinajstić information content (AvgIpc) is 3.19. The van der Waals surface area contributed by atoms with Crippen molar-refractivity contribution in [1.82, 2.24) is 4.98 Å². The molecule has 1 atom stereocenters.